The van der Waals surface area contributed by atoms with Crippen LogP contribution >= 0.6 is 0 Å². The van der Waals surface area contributed by atoms with Gasteiger partial charge in [-0.05, 0) is 38.1 Å². The summed E-state index contributed by atoms with van der Waals surface area (Å²) >= 11 is 0. The second-order valence-corrected chi connectivity index (χ2v) is 5.77. The summed E-state index contributed by atoms with van der Waals surface area (Å²) in [6.45, 7) is 3.84. The van der Waals surface area contributed by atoms with Gasteiger partial charge in [-0.25, -0.2) is 9.79 Å². The second kappa shape index (κ2) is 6.27. The molecule has 7 nitrogen and oxygen atoms in total. The number of nitrogens with one attached hydrogen (secondary N) is 1. The molecular weight excluding hydrogens is 312 g/mol. The Bertz CT molecular complexity index is 794. The van der Waals surface area contributed by atoms with E-state index in [0.29, 0.717) is 11.4 Å². The molecule has 1 aromatic heterocycles. The van der Waals surface area contributed by atoms with Gasteiger partial charge in [-0.2, -0.15) is 0 Å². The Morgan fingerprint density at radius 3 is 2.75 bits per heavy atom. The lowest BCUT2D eigenvalue weighted by Crippen LogP contribution is -2.18. The Labute approximate surface area is 138 Å². The molecule has 0 spiro atoms. The number of aliphatic imine (C=N–C) groups is 1. The van der Waals surface area contributed by atoms with E-state index in [9.17, 15) is 9.90 Å². The van der Waals surface area contributed by atoms with Crippen LogP contribution in [0.2, 0.25) is 0 Å². The first-order chi connectivity index (χ1) is 11.4. The quantitative estimate of drug-likeness (QED) is 0.781. The van der Waals surface area contributed by atoms with E-state index >= 15 is 0 Å². The molecule has 7 heteroatoms. The third-order valence-electron chi connectivity index (χ3n) is 3.43. The van der Waals surface area contributed by atoms with Gasteiger partial charge in [0.25, 0.3) is 0 Å². The molecule has 2 heterocycles. The van der Waals surface area contributed by atoms with E-state index in [1.807, 2.05) is 26.0 Å². The summed E-state index contributed by atoms with van der Waals surface area (Å²) in [5, 5.41) is 18.8. The number of hydrogen-bond donors (Lipinski definition) is 3. The molecule has 0 saturated carbocycles. The minimum absolute atomic E-state index is 0.00644. The Hall–Kier alpha value is -2.96. The minimum Gasteiger partial charge on any atom is -0.508 e. The average molecular weight is 330 g/mol. The van der Waals surface area contributed by atoms with Gasteiger partial charge >= 0.3 is 5.97 Å². The molecule has 0 amide bonds. The maximum absolute atomic E-state index is 10.9. The zero-order valence-electron chi connectivity index (χ0n) is 13.3. The van der Waals surface area contributed by atoms with Gasteiger partial charge in [-0.15, -0.1) is 0 Å². The highest BCUT2D eigenvalue weighted by molar-refractivity contribution is 5.96. The van der Waals surface area contributed by atoms with Crippen LogP contribution in [0.4, 0.5) is 0 Å². The molecule has 3 rings (SSSR count). The summed E-state index contributed by atoms with van der Waals surface area (Å²) in [5.41, 5.74) is 2.06. The first-order valence-electron chi connectivity index (χ1n) is 7.56. The molecule has 1 aliphatic rings. The number of hydrogen-bond acceptors (Lipinski definition) is 5. The zero-order valence-corrected chi connectivity index (χ0v) is 13.3. The Kier molecular flexibility index (Phi) is 4.16. The number of benzene rings is 1. The number of phenols is 1. The number of aromatic nitrogens is 1. The molecule has 2 aromatic rings. The third kappa shape index (κ3) is 3.34. The number of rotatable bonds is 5. The predicted octanol–water partition coefficient (Wildman–Crippen LogP) is 2.40. The summed E-state index contributed by atoms with van der Waals surface area (Å²) in [6, 6.07) is 7.66. The lowest BCUT2D eigenvalue weighted by atomic mass is 10.1. The number of carboxylic acid groups (broad SMARTS) is 1. The normalized spacial score (nSPS) is 16.8. The molecule has 3 N–H and O–H groups in total. The number of carboxylic acids is 1. The van der Waals surface area contributed by atoms with Gasteiger partial charge < -0.3 is 24.7 Å². The Balaban J connectivity index is 1.87. The number of H-pyrrole nitrogens is 1. The van der Waals surface area contributed by atoms with Crippen molar-refractivity contribution >= 4 is 11.9 Å². The van der Waals surface area contributed by atoms with E-state index < -0.39 is 12.0 Å². The number of ether oxygens (including phenoxy) is 2. The smallest absolute Gasteiger partial charge is 0.332 e. The second-order valence-electron chi connectivity index (χ2n) is 5.77. The minimum atomic E-state index is -1.01. The summed E-state index contributed by atoms with van der Waals surface area (Å²) < 4.78 is 10.9. The highest BCUT2D eigenvalue weighted by Gasteiger charge is 2.26. The van der Waals surface area contributed by atoms with Crippen LogP contribution in [0.25, 0.3) is 11.3 Å². The van der Waals surface area contributed by atoms with Gasteiger partial charge in [0.1, 0.15) is 23.8 Å². The van der Waals surface area contributed by atoms with Crippen LogP contribution in [0, 0.1) is 0 Å². The third-order valence-corrected chi connectivity index (χ3v) is 3.43. The number of aromatic amines is 1. The van der Waals surface area contributed by atoms with Crippen LogP contribution in [0.5, 0.6) is 11.5 Å². The van der Waals surface area contributed by atoms with Crippen LogP contribution in [0.3, 0.4) is 0 Å². The summed E-state index contributed by atoms with van der Waals surface area (Å²) in [7, 11) is 0. The van der Waals surface area contributed by atoms with Crippen molar-refractivity contribution in [2.75, 3.05) is 6.61 Å². The molecule has 0 aliphatic carbocycles. The summed E-state index contributed by atoms with van der Waals surface area (Å²) in [4.78, 5) is 18.1. The van der Waals surface area contributed by atoms with Crippen molar-refractivity contribution in [1.29, 1.82) is 0 Å². The topological polar surface area (TPSA) is 104 Å². The SMILES string of the molecule is CC(C)Oc1cc(O)cc(-c2ccc(C3=NC(C(=O)O)CO3)[nH]2)c1. The van der Waals surface area contributed by atoms with Crippen LogP contribution < -0.4 is 4.74 Å². The van der Waals surface area contributed by atoms with E-state index in [0.717, 1.165) is 11.3 Å². The van der Waals surface area contributed by atoms with Gasteiger partial charge in [0, 0.05) is 17.3 Å². The summed E-state index contributed by atoms with van der Waals surface area (Å²) in [6.07, 6.45) is -0.00644. The molecule has 1 unspecified atom stereocenters. The Morgan fingerprint density at radius 1 is 1.33 bits per heavy atom. The monoisotopic (exact) mass is 330 g/mol. The molecule has 126 valence electrons. The number of aromatic hydroxyl groups is 1. The van der Waals surface area contributed by atoms with E-state index in [1.54, 1.807) is 18.2 Å². The maximum atomic E-state index is 10.9. The lowest BCUT2D eigenvalue weighted by molar-refractivity contribution is -0.138. The van der Waals surface area contributed by atoms with Crippen molar-refractivity contribution in [2.45, 2.75) is 26.0 Å². The predicted molar refractivity (Wildman–Crippen MR) is 87.6 cm³/mol. The van der Waals surface area contributed by atoms with Crippen LogP contribution in [-0.4, -0.2) is 45.8 Å². The molecule has 1 atom stereocenters. The van der Waals surface area contributed by atoms with Crippen molar-refractivity contribution in [1.82, 2.24) is 4.98 Å². The first kappa shape index (κ1) is 15.9. The van der Waals surface area contributed by atoms with Crippen LogP contribution in [-0.2, 0) is 9.53 Å². The van der Waals surface area contributed by atoms with Crippen molar-refractivity contribution < 1.29 is 24.5 Å². The van der Waals surface area contributed by atoms with Gasteiger partial charge in [0.15, 0.2) is 6.04 Å². The number of aliphatic carboxylic acids is 1. The van der Waals surface area contributed by atoms with Crippen molar-refractivity contribution in [3.8, 4) is 22.8 Å². The maximum Gasteiger partial charge on any atom is 0.332 e. The van der Waals surface area contributed by atoms with Crippen molar-refractivity contribution in [2.24, 2.45) is 4.99 Å². The molecule has 0 radical (unpaired) electrons. The van der Waals surface area contributed by atoms with Gasteiger partial charge in [0.05, 0.1) is 6.10 Å². The van der Waals surface area contributed by atoms with Gasteiger partial charge in [0.2, 0.25) is 5.90 Å². The molecule has 0 fully saturated rings. The Morgan fingerprint density at radius 2 is 2.08 bits per heavy atom. The van der Waals surface area contributed by atoms with E-state index in [1.165, 1.54) is 0 Å². The zero-order chi connectivity index (χ0) is 17.3. The van der Waals surface area contributed by atoms with E-state index in [2.05, 4.69) is 9.98 Å². The number of phenolic OH excluding ortho intramolecular Hbond substituents is 1. The van der Waals surface area contributed by atoms with Crippen LogP contribution in [0.15, 0.2) is 35.3 Å². The first-order valence-corrected chi connectivity index (χ1v) is 7.56. The highest BCUT2D eigenvalue weighted by Crippen LogP contribution is 2.29. The fourth-order valence-corrected chi connectivity index (χ4v) is 2.42. The molecule has 0 bridgehead atoms. The van der Waals surface area contributed by atoms with Crippen molar-refractivity contribution in [3.63, 3.8) is 0 Å². The molecular formula is C17H18N2O5. The van der Waals surface area contributed by atoms with Gasteiger partial charge in [-0.1, -0.05) is 0 Å². The number of nitrogens with zero attached hydrogens (tertiary/aromatic N) is 1. The standard InChI is InChI=1S/C17H18N2O5/c1-9(2)24-12-6-10(5-11(20)7-12)13-3-4-14(18-13)16-19-15(8-23-16)17(21)22/h3-7,9,15,18,20H,8H2,1-2H3,(H,21,22). The molecule has 0 saturated heterocycles. The molecule has 1 aliphatic heterocycles. The molecule has 1 aromatic carbocycles. The fraction of sp³-hybridized carbons (Fsp3) is 0.294. The summed E-state index contributed by atoms with van der Waals surface area (Å²) in [5.74, 6) is -0.0797. The van der Waals surface area contributed by atoms with E-state index in [-0.39, 0.29) is 24.4 Å². The van der Waals surface area contributed by atoms with E-state index in [4.69, 9.17) is 14.6 Å². The largest absolute Gasteiger partial charge is 0.508 e. The molecule has 24 heavy (non-hydrogen) atoms. The highest BCUT2D eigenvalue weighted by atomic mass is 16.5. The lowest BCUT2D eigenvalue weighted by Gasteiger charge is -2.11. The number of carbonyl (C=O) groups is 1. The van der Waals surface area contributed by atoms with Gasteiger partial charge in [-0.3, -0.25) is 0 Å². The van der Waals surface area contributed by atoms with Crippen LogP contribution in [0.1, 0.15) is 19.5 Å². The van der Waals surface area contributed by atoms with Crippen molar-refractivity contribution in [3.05, 3.63) is 36.0 Å². The fourth-order valence-electron chi connectivity index (χ4n) is 2.42. The average Bonchev–Trinajstić information content (AvgIpc) is 3.15.